The molecule has 0 aromatic carbocycles. The lowest BCUT2D eigenvalue weighted by atomic mass is 9.89. The lowest BCUT2D eigenvalue weighted by molar-refractivity contribution is 0.342. The van der Waals surface area contributed by atoms with Crippen molar-refractivity contribution in [2.45, 2.75) is 32.7 Å². The zero-order chi connectivity index (χ0) is 9.42. The van der Waals surface area contributed by atoms with Crippen LogP contribution in [0.4, 0.5) is 0 Å². The van der Waals surface area contributed by atoms with E-state index in [-0.39, 0.29) is 0 Å². The molecule has 0 saturated carbocycles. The minimum atomic E-state index is 0.477. The van der Waals surface area contributed by atoms with Crippen LogP contribution in [0.25, 0.3) is 0 Å². The number of hydrogen-bond acceptors (Lipinski definition) is 2. The van der Waals surface area contributed by atoms with Gasteiger partial charge in [0.05, 0.1) is 6.26 Å². The molecule has 2 unspecified atom stereocenters. The highest BCUT2D eigenvalue weighted by atomic mass is 16.3. The number of rotatable bonds is 1. The number of hydrogen-bond donors (Lipinski definition) is 1. The molecule has 2 heteroatoms. The first-order valence-corrected chi connectivity index (χ1v) is 5.01. The normalized spacial score (nSPS) is 27.7. The van der Waals surface area contributed by atoms with Crippen molar-refractivity contribution >= 4 is 0 Å². The van der Waals surface area contributed by atoms with E-state index in [2.05, 4.69) is 32.2 Å². The molecule has 2 atom stereocenters. The fourth-order valence-corrected chi connectivity index (χ4v) is 2.09. The first-order valence-electron chi connectivity index (χ1n) is 5.01. The molecule has 0 radical (unpaired) electrons. The van der Waals surface area contributed by atoms with Crippen LogP contribution in [0.2, 0.25) is 0 Å². The lowest BCUT2D eigenvalue weighted by Crippen LogP contribution is -2.34. The van der Waals surface area contributed by atoms with Crippen LogP contribution in [-0.2, 0) is 0 Å². The van der Waals surface area contributed by atoms with Crippen LogP contribution in [0.3, 0.4) is 0 Å². The zero-order valence-corrected chi connectivity index (χ0v) is 8.50. The minimum absolute atomic E-state index is 0.477. The van der Waals surface area contributed by atoms with Crippen molar-refractivity contribution in [2.75, 3.05) is 6.54 Å². The summed E-state index contributed by atoms with van der Waals surface area (Å²) in [4.78, 5) is 0. The van der Waals surface area contributed by atoms with Gasteiger partial charge in [0.1, 0.15) is 5.76 Å². The summed E-state index contributed by atoms with van der Waals surface area (Å²) in [5, 5.41) is 3.55. The smallest absolute Gasteiger partial charge is 0.112 e. The van der Waals surface area contributed by atoms with Crippen molar-refractivity contribution in [1.82, 2.24) is 5.32 Å². The van der Waals surface area contributed by atoms with Crippen molar-refractivity contribution in [3.05, 3.63) is 23.7 Å². The fraction of sp³-hybridized carbons (Fsp3) is 0.636. The molecular weight excluding hydrogens is 162 g/mol. The maximum atomic E-state index is 5.51. The zero-order valence-electron chi connectivity index (χ0n) is 8.50. The standard InChI is InChI=1S/C11H17NO/c1-7(2)10-9-4-5-13-11(9)8(3)6-12-10/h4-5,7-8,10,12H,6H2,1-3H3. The summed E-state index contributed by atoms with van der Waals surface area (Å²) >= 11 is 0. The molecule has 2 rings (SSSR count). The van der Waals surface area contributed by atoms with Gasteiger partial charge in [0.25, 0.3) is 0 Å². The molecule has 2 heterocycles. The van der Waals surface area contributed by atoms with E-state index in [0.29, 0.717) is 17.9 Å². The van der Waals surface area contributed by atoms with Gasteiger partial charge in [-0.3, -0.25) is 0 Å². The third-order valence-corrected chi connectivity index (χ3v) is 2.82. The van der Waals surface area contributed by atoms with Gasteiger partial charge in [-0.05, 0) is 12.0 Å². The average molecular weight is 179 g/mol. The van der Waals surface area contributed by atoms with Crippen LogP contribution in [0, 0.1) is 5.92 Å². The van der Waals surface area contributed by atoms with Crippen LogP contribution >= 0.6 is 0 Å². The Labute approximate surface area is 79.3 Å². The molecule has 0 saturated heterocycles. The van der Waals surface area contributed by atoms with Gasteiger partial charge in [-0.2, -0.15) is 0 Å². The SMILES string of the molecule is CC1CNC(C(C)C)c2ccoc21. The topological polar surface area (TPSA) is 25.2 Å². The summed E-state index contributed by atoms with van der Waals surface area (Å²) in [6.07, 6.45) is 1.81. The van der Waals surface area contributed by atoms with Gasteiger partial charge < -0.3 is 9.73 Å². The Balaban J connectivity index is 2.35. The van der Waals surface area contributed by atoms with Gasteiger partial charge in [0, 0.05) is 24.1 Å². The van der Waals surface area contributed by atoms with E-state index in [9.17, 15) is 0 Å². The van der Waals surface area contributed by atoms with Crippen molar-refractivity contribution in [3.8, 4) is 0 Å². The quantitative estimate of drug-likeness (QED) is 0.717. The van der Waals surface area contributed by atoms with Crippen LogP contribution in [0.15, 0.2) is 16.7 Å². The maximum Gasteiger partial charge on any atom is 0.112 e. The second kappa shape index (κ2) is 3.18. The molecule has 72 valence electrons. The second-order valence-electron chi connectivity index (χ2n) is 4.27. The molecule has 0 bridgehead atoms. The number of nitrogens with one attached hydrogen (secondary N) is 1. The molecule has 1 aliphatic heterocycles. The van der Waals surface area contributed by atoms with Crippen molar-refractivity contribution in [3.63, 3.8) is 0 Å². The minimum Gasteiger partial charge on any atom is -0.469 e. The highest BCUT2D eigenvalue weighted by molar-refractivity contribution is 5.27. The molecule has 1 N–H and O–H groups in total. The van der Waals surface area contributed by atoms with Gasteiger partial charge >= 0.3 is 0 Å². The van der Waals surface area contributed by atoms with E-state index in [4.69, 9.17) is 4.42 Å². The number of furan rings is 1. The number of fused-ring (bicyclic) bond motifs is 1. The highest BCUT2D eigenvalue weighted by Crippen LogP contribution is 2.34. The molecule has 13 heavy (non-hydrogen) atoms. The Morgan fingerprint density at radius 3 is 3.00 bits per heavy atom. The Morgan fingerprint density at radius 1 is 1.54 bits per heavy atom. The first-order chi connectivity index (χ1) is 6.20. The summed E-state index contributed by atoms with van der Waals surface area (Å²) in [5.41, 5.74) is 1.36. The van der Waals surface area contributed by atoms with Crippen molar-refractivity contribution < 1.29 is 4.42 Å². The molecule has 1 aliphatic rings. The third kappa shape index (κ3) is 1.39. The average Bonchev–Trinajstić information content (AvgIpc) is 2.53. The summed E-state index contributed by atoms with van der Waals surface area (Å²) in [7, 11) is 0. The lowest BCUT2D eigenvalue weighted by Gasteiger charge is -2.29. The van der Waals surface area contributed by atoms with Crippen molar-refractivity contribution in [2.24, 2.45) is 5.92 Å². The van der Waals surface area contributed by atoms with Gasteiger partial charge in [0.2, 0.25) is 0 Å². The first kappa shape index (κ1) is 8.82. The summed E-state index contributed by atoms with van der Waals surface area (Å²) in [6.45, 7) is 7.71. The van der Waals surface area contributed by atoms with Crippen LogP contribution in [-0.4, -0.2) is 6.54 Å². The fourth-order valence-electron chi connectivity index (χ4n) is 2.09. The predicted molar refractivity (Wildman–Crippen MR) is 52.7 cm³/mol. The third-order valence-electron chi connectivity index (χ3n) is 2.82. The van der Waals surface area contributed by atoms with E-state index >= 15 is 0 Å². The Hall–Kier alpha value is -0.760. The maximum absolute atomic E-state index is 5.51. The molecular formula is C11H17NO. The summed E-state index contributed by atoms with van der Waals surface area (Å²) in [6, 6.07) is 2.58. The molecule has 0 amide bonds. The summed E-state index contributed by atoms with van der Waals surface area (Å²) in [5.74, 6) is 2.32. The van der Waals surface area contributed by atoms with E-state index in [1.54, 1.807) is 0 Å². The summed E-state index contributed by atoms with van der Waals surface area (Å²) < 4.78 is 5.51. The van der Waals surface area contributed by atoms with E-state index in [0.717, 1.165) is 6.54 Å². The van der Waals surface area contributed by atoms with E-state index in [1.807, 2.05) is 6.26 Å². The Kier molecular flexibility index (Phi) is 2.16. The monoisotopic (exact) mass is 179 g/mol. The molecule has 1 aromatic rings. The highest BCUT2D eigenvalue weighted by Gasteiger charge is 2.28. The largest absolute Gasteiger partial charge is 0.469 e. The Morgan fingerprint density at radius 2 is 2.31 bits per heavy atom. The van der Waals surface area contributed by atoms with E-state index < -0.39 is 0 Å². The molecule has 1 aromatic heterocycles. The van der Waals surface area contributed by atoms with Gasteiger partial charge in [-0.15, -0.1) is 0 Å². The van der Waals surface area contributed by atoms with Crippen LogP contribution < -0.4 is 5.32 Å². The van der Waals surface area contributed by atoms with Crippen LogP contribution in [0.1, 0.15) is 44.1 Å². The van der Waals surface area contributed by atoms with E-state index in [1.165, 1.54) is 11.3 Å². The van der Waals surface area contributed by atoms with Gasteiger partial charge in [-0.25, -0.2) is 0 Å². The van der Waals surface area contributed by atoms with Gasteiger partial charge in [-0.1, -0.05) is 20.8 Å². The predicted octanol–water partition coefficient (Wildman–Crippen LogP) is 2.68. The van der Waals surface area contributed by atoms with Gasteiger partial charge in [0.15, 0.2) is 0 Å². The second-order valence-corrected chi connectivity index (χ2v) is 4.27. The molecule has 2 nitrogen and oxygen atoms in total. The molecule has 0 spiro atoms. The molecule has 0 aliphatic carbocycles. The van der Waals surface area contributed by atoms with Crippen LogP contribution in [0.5, 0.6) is 0 Å². The van der Waals surface area contributed by atoms with Crippen molar-refractivity contribution in [1.29, 1.82) is 0 Å². The molecule has 0 fully saturated rings. The Bertz CT molecular complexity index is 290.